The predicted octanol–water partition coefficient (Wildman–Crippen LogP) is 5.28. The molecule has 0 aliphatic carbocycles. The standard InChI is InChI=1S/C19H20F3NO3S/c1-4-13-8-9-16(12(2)10-13)26-11-14-6-5-7-15(19(20,21)22)17(14)23(24)18(27)25-3/h5-10,24H,4,11H2,1-3H3. The van der Waals surface area contributed by atoms with Crippen LogP contribution < -0.4 is 9.80 Å². The van der Waals surface area contributed by atoms with Crippen LogP contribution in [-0.4, -0.2) is 17.5 Å². The molecule has 1 N–H and O–H groups in total. The van der Waals surface area contributed by atoms with Gasteiger partial charge in [-0.25, -0.2) is 0 Å². The molecule has 2 aromatic carbocycles. The van der Waals surface area contributed by atoms with Gasteiger partial charge in [0.15, 0.2) is 0 Å². The van der Waals surface area contributed by atoms with Crippen LogP contribution in [0.5, 0.6) is 5.75 Å². The van der Waals surface area contributed by atoms with E-state index in [9.17, 15) is 18.4 Å². The molecule has 0 heterocycles. The van der Waals surface area contributed by atoms with Gasteiger partial charge in [0, 0.05) is 5.56 Å². The first kappa shape index (κ1) is 21.0. The maximum Gasteiger partial charge on any atom is 0.418 e. The molecule has 0 atom stereocenters. The summed E-state index contributed by atoms with van der Waals surface area (Å²) in [6.45, 7) is 3.70. The Kier molecular flexibility index (Phi) is 6.67. The number of halogens is 3. The van der Waals surface area contributed by atoms with Crippen LogP contribution in [0.3, 0.4) is 0 Å². The van der Waals surface area contributed by atoms with Crippen molar-refractivity contribution in [2.24, 2.45) is 0 Å². The van der Waals surface area contributed by atoms with Gasteiger partial charge in [0.1, 0.15) is 12.4 Å². The summed E-state index contributed by atoms with van der Waals surface area (Å²) in [4.78, 5) is 0. The molecule has 0 radical (unpaired) electrons. The molecule has 0 aliphatic heterocycles. The summed E-state index contributed by atoms with van der Waals surface area (Å²) in [7, 11) is 1.16. The lowest BCUT2D eigenvalue weighted by molar-refractivity contribution is -0.137. The highest BCUT2D eigenvalue weighted by Gasteiger charge is 2.37. The molecule has 146 valence electrons. The van der Waals surface area contributed by atoms with Gasteiger partial charge >= 0.3 is 6.18 Å². The molecule has 0 spiro atoms. The Balaban J connectivity index is 2.40. The normalized spacial score (nSPS) is 11.2. The van der Waals surface area contributed by atoms with Gasteiger partial charge in [-0.2, -0.15) is 18.2 Å². The average Bonchev–Trinajstić information content (AvgIpc) is 2.64. The van der Waals surface area contributed by atoms with E-state index in [0.29, 0.717) is 5.75 Å². The van der Waals surface area contributed by atoms with Gasteiger partial charge in [-0.1, -0.05) is 31.2 Å². The first-order chi connectivity index (χ1) is 12.7. The fourth-order valence-corrected chi connectivity index (χ4v) is 2.70. The van der Waals surface area contributed by atoms with Crippen molar-refractivity contribution >= 4 is 23.1 Å². The molecular formula is C19H20F3NO3S. The minimum atomic E-state index is -4.69. The van der Waals surface area contributed by atoms with Gasteiger partial charge in [0.2, 0.25) is 0 Å². The maximum atomic E-state index is 13.4. The number of ether oxygens (including phenoxy) is 2. The second-order valence-electron chi connectivity index (χ2n) is 5.83. The molecule has 8 heteroatoms. The van der Waals surface area contributed by atoms with Crippen molar-refractivity contribution in [2.45, 2.75) is 33.1 Å². The Morgan fingerprint density at radius 2 is 1.93 bits per heavy atom. The zero-order valence-electron chi connectivity index (χ0n) is 15.1. The summed E-state index contributed by atoms with van der Waals surface area (Å²) in [6.07, 6.45) is -3.82. The van der Waals surface area contributed by atoms with Gasteiger partial charge in [0.25, 0.3) is 5.17 Å². The number of hydrogen-bond donors (Lipinski definition) is 1. The van der Waals surface area contributed by atoms with Crippen LogP contribution >= 0.6 is 12.2 Å². The van der Waals surface area contributed by atoms with Gasteiger partial charge in [-0.3, -0.25) is 5.21 Å². The lowest BCUT2D eigenvalue weighted by Gasteiger charge is -2.24. The first-order valence-corrected chi connectivity index (χ1v) is 8.58. The molecule has 0 saturated carbocycles. The molecule has 0 bridgehead atoms. The fourth-order valence-electron chi connectivity index (χ4n) is 2.61. The van der Waals surface area contributed by atoms with E-state index in [4.69, 9.17) is 21.7 Å². The Hall–Kier alpha value is -2.32. The average molecular weight is 399 g/mol. The third-order valence-corrected chi connectivity index (χ3v) is 4.35. The molecule has 0 aliphatic rings. The fraction of sp³-hybridized carbons (Fsp3) is 0.316. The Morgan fingerprint density at radius 3 is 2.48 bits per heavy atom. The van der Waals surface area contributed by atoms with Crippen molar-refractivity contribution in [2.75, 3.05) is 12.2 Å². The second kappa shape index (κ2) is 8.58. The number of anilines is 1. The molecular weight excluding hydrogens is 379 g/mol. The van der Waals surface area contributed by atoms with Crippen molar-refractivity contribution in [1.82, 2.24) is 0 Å². The molecule has 4 nitrogen and oxygen atoms in total. The number of rotatable bonds is 5. The summed E-state index contributed by atoms with van der Waals surface area (Å²) in [6, 6.07) is 9.18. The van der Waals surface area contributed by atoms with Crippen LogP contribution in [0.2, 0.25) is 0 Å². The quantitative estimate of drug-likeness (QED) is 0.547. The molecule has 0 amide bonds. The van der Waals surface area contributed by atoms with Gasteiger partial charge in [-0.15, -0.1) is 0 Å². The number of hydrogen-bond acceptors (Lipinski definition) is 4. The number of para-hydroxylation sites is 1. The number of hydroxylamine groups is 1. The van der Waals surface area contributed by atoms with Crippen molar-refractivity contribution in [3.05, 3.63) is 58.7 Å². The van der Waals surface area contributed by atoms with Crippen molar-refractivity contribution in [3.63, 3.8) is 0 Å². The van der Waals surface area contributed by atoms with Crippen LogP contribution in [0.15, 0.2) is 36.4 Å². The zero-order valence-corrected chi connectivity index (χ0v) is 15.9. The minimum Gasteiger partial charge on any atom is -0.489 e. The number of nitrogens with zero attached hydrogens (tertiary/aromatic N) is 1. The molecule has 0 unspecified atom stereocenters. The first-order valence-electron chi connectivity index (χ1n) is 8.17. The summed E-state index contributed by atoms with van der Waals surface area (Å²) in [5, 5.41) is 9.85. The highest BCUT2D eigenvalue weighted by molar-refractivity contribution is 7.80. The number of thiocarbonyl (C=S) groups is 1. The monoisotopic (exact) mass is 399 g/mol. The molecule has 0 aromatic heterocycles. The van der Waals surface area contributed by atoms with E-state index in [1.54, 1.807) is 6.07 Å². The highest BCUT2D eigenvalue weighted by Crippen LogP contribution is 2.39. The Bertz CT molecular complexity index is 824. The third kappa shape index (κ3) is 4.90. The maximum absolute atomic E-state index is 13.4. The Labute approximate surface area is 161 Å². The van der Waals surface area contributed by atoms with E-state index in [0.717, 1.165) is 30.7 Å². The largest absolute Gasteiger partial charge is 0.489 e. The van der Waals surface area contributed by atoms with Crippen molar-refractivity contribution in [1.29, 1.82) is 0 Å². The smallest absolute Gasteiger partial charge is 0.418 e. The molecule has 2 aromatic rings. The predicted molar refractivity (Wildman–Crippen MR) is 100 cm³/mol. The summed E-state index contributed by atoms with van der Waals surface area (Å²) in [5.41, 5.74) is 0.566. The van der Waals surface area contributed by atoms with Crippen LogP contribution in [-0.2, 0) is 23.9 Å². The number of benzene rings is 2. The van der Waals surface area contributed by atoms with Crippen LogP contribution in [0, 0.1) is 6.92 Å². The number of aryl methyl sites for hydroxylation is 2. The minimum absolute atomic E-state index is 0.116. The lowest BCUT2D eigenvalue weighted by atomic mass is 10.1. The SMILES string of the molecule is CCc1ccc(OCc2cccc(C(F)(F)F)c2N(O)C(=S)OC)c(C)c1. The molecule has 0 fully saturated rings. The summed E-state index contributed by atoms with van der Waals surface area (Å²) in [5.74, 6) is 0.550. The van der Waals surface area contributed by atoms with Gasteiger partial charge in [-0.05, 0) is 48.8 Å². The van der Waals surface area contributed by atoms with E-state index in [1.807, 2.05) is 26.0 Å². The number of alkyl halides is 3. The third-order valence-electron chi connectivity index (χ3n) is 4.02. The molecule has 0 saturated heterocycles. The van der Waals surface area contributed by atoms with Crippen LogP contribution in [0.1, 0.15) is 29.2 Å². The van der Waals surface area contributed by atoms with Gasteiger partial charge in [0.05, 0.1) is 18.4 Å². The van der Waals surface area contributed by atoms with E-state index in [2.05, 4.69) is 0 Å². The van der Waals surface area contributed by atoms with Gasteiger partial charge < -0.3 is 9.47 Å². The van der Waals surface area contributed by atoms with E-state index >= 15 is 0 Å². The lowest BCUT2D eigenvalue weighted by Crippen LogP contribution is -2.30. The number of methoxy groups -OCH3 is 1. The van der Waals surface area contributed by atoms with E-state index in [-0.39, 0.29) is 17.2 Å². The van der Waals surface area contributed by atoms with Crippen LogP contribution in [0.4, 0.5) is 18.9 Å². The Morgan fingerprint density at radius 1 is 1.22 bits per heavy atom. The zero-order chi connectivity index (χ0) is 20.2. The topological polar surface area (TPSA) is 41.9 Å². The van der Waals surface area contributed by atoms with E-state index in [1.165, 1.54) is 12.1 Å². The molecule has 27 heavy (non-hydrogen) atoms. The summed E-state index contributed by atoms with van der Waals surface area (Å²) >= 11 is 4.77. The van der Waals surface area contributed by atoms with Crippen molar-refractivity contribution in [3.8, 4) is 5.75 Å². The highest BCUT2D eigenvalue weighted by atomic mass is 32.1. The second-order valence-corrected chi connectivity index (χ2v) is 6.18. The summed E-state index contributed by atoms with van der Waals surface area (Å²) < 4.78 is 50.6. The van der Waals surface area contributed by atoms with Crippen molar-refractivity contribution < 1.29 is 27.9 Å². The van der Waals surface area contributed by atoms with E-state index < -0.39 is 22.6 Å². The van der Waals surface area contributed by atoms with Crippen LogP contribution in [0.25, 0.3) is 0 Å². The molecule has 2 rings (SSSR count).